The van der Waals surface area contributed by atoms with Crippen molar-refractivity contribution in [2.45, 2.75) is 25.9 Å². The molecule has 1 aromatic heterocycles. The van der Waals surface area contributed by atoms with Crippen LogP contribution in [0.2, 0.25) is 0 Å². The molecule has 2 heterocycles. The van der Waals surface area contributed by atoms with E-state index in [9.17, 15) is 9.59 Å². The number of urea groups is 1. The van der Waals surface area contributed by atoms with Crippen LogP contribution in [0.15, 0.2) is 71.8 Å². The first-order valence-corrected chi connectivity index (χ1v) is 10.2. The van der Waals surface area contributed by atoms with Crippen molar-refractivity contribution in [3.05, 3.63) is 88.6 Å². The molecule has 0 radical (unpaired) electrons. The van der Waals surface area contributed by atoms with Crippen LogP contribution in [-0.2, 0) is 13.1 Å². The van der Waals surface area contributed by atoms with Gasteiger partial charge < -0.3 is 15.5 Å². The molecule has 7 heteroatoms. The second kappa shape index (κ2) is 9.26. The zero-order chi connectivity index (χ0) is 20.8. The van der Waals surface area contributed by atoms with Gasteiger partial charge in [-0.1, -0.05) is 30.3 Å². The molecule has 154 valence electrons. The van der Waals surface area contributed by atoms with Crippen molar-refractivity contribution >= 4 is 17.4 Å². The van der Waals surface area contributed by atoms with E-state index in [-0.39, 0.29) is 11.7 Å². The maximum absolute atomic E-state index is 12.4. The normalized spacial score (nSPS) is 13.3. The fourth-order valence-electron chi connectivity index (χ4n) is 3.73. The van der Waals surface area contributed by atoms with Crippen LogP contribution in [0.4, 0.5) is 16.2 Å². The minimum absolute atomic E-state index is 0.262. The van der Waals surface area contributed by atoms with Gasteiger partial charge in [0.15, 0.2) is 0 Å². The Hall–Kier alpha value is -3.61. The minimum atomic E-state index is -0.301. The average Bonchev–Trinajstić information content (AvgIpc) is 3.29. The fourth-order valence-corrected chi connectivity index (χ4v) is 3.73. The second-order valence-corrected chi connectivity index (χ2v) is 7.36. The van der Waals surface area contributed by atoms with E-state index in [4.69, 9.17) is 0 Å². The van der Waals surface area contributed by atoms with E-state index >= 15 is 0 Å². The summed E-state index contributed by atoms with van der Waals surface area (Å²) >= 11 is 0. The summed E-state index contributed by atoms with van der Waals surface area (Å²) in [6, 6.07) is 17.1. The summed E-state index contributed by atoms with van der Waals surface area (Å²) in [6.45, 7) is 2.99. The predicted octanol–water partition coefficient (Wildman–Crippen LogP) is 3.21. The van der Waals surface area contributed by atoms with E-state index in [0.717, 1.165) is 24.2 Å². The highest BCUT2D eigenvalue weighted by Crippen LogP contribution is 2.24. The summed E-state index contributed by atoms with van der Waals surface area (Å²) in [7, 11) is 0. The number of rotatable bonds is 6. The number of carbonyl (C=O) groups is 1. The number of aromatic nitrogens is 2. The summed E-state index contributed by atoms with van der Waals surface area (Å²) in [6.07, 6.45) is 5.59. The Morgan fingerprint density at radius 1 is 1.03 bits per heavy atom. The number of hydrogen-bond donors (Lipinski definition) is 2. The van der Waals surface area contributed by atoms with Gasteiger partial charge in [-0.2, -0.15) is 0 Å². The van der Waals surface area contributed by atoms with Gasteiger partial charge in [0.05, 0.1) is 6.54 Å². The number of nitrogens with zero attached hydrogens (tertiary/aromatic N) is 3. The molecule has 0 bridgehead atoms. The van der Waals surface area contributed by atoms with Gasteiger partial charge in [-0.15, -0.1) is 0 Å². The Balaban J connectivity index is 1.37. The van der Waals surface area contributed by atoms with E-state index in [1.165, 1.54) is 29.3 Å². The van der Waals surface area contributed by atoms with E-state index < -0.39 is 0 Å². The third-order valence-corrected chi connectivity index (χ3v) is 5.20. The highest BCUT2D eigenvalue weighted by Gasteiger charge is 2.15. The van der Waals surface area contributed by atoms with Gasteiger partial charge in [0.25, 0.3) is 0 Å². The highest BCUT2D eigenvalue weighted by molar-refractivity contribution is 5.89. The first-order valence-electron chi connectivity index (χ1n) is 10.2. The lowest BCUT2D eigenvalue weighted by atomic mass is 10.1. The lowest BCUT2D eigenvalue weighted by molar-refractivity contribution is 0.252. The molecule has 7 nitrogen and oxygen atoms in total. The Kier molecular flexibility index (Phi) is 6.08. The van der Waals surface area contributed by atoms with E-state index in [1.807, 2.05) is 36.4 Å². The van der Waals surface area contributed by atoms with E-state index in [1.54, 1.807) is 12.3 Å². The molecule has 2 aromatic carbocycles. The molecule has 1 aliphatic rings. The largest absolute Gasteiger partial charge is 0.371 e. The molecule has 2 N–H and O–H groups in total. The van der Waals surface area contributed by atoms with Crippen LogP contribution in [0.25, 0.3) is 0 Å². The number of carbonyl (C=O) groups excluding carboxylic acids is 1. The van der Waals surface area contributed by atoms with Crippen LogP contribution in [0.3, 0.4) is 0 Å². The molecule has 1 aliphatic heterocycles. The molecule has 4 rings (SSSR count). The molecule has 30 heavy (non-hydrogen) atoms. The summed E-state index contributed by atoms with van der Waals surface area (Å²) < 4.78 is 1.52. The Morgan fingerprint density at radius 3 is 2.70 bits per heavy atom. The van der Waals surface area contributed by atoms with Crippen molar-refractivity contribution in [2.24, 2.45) is 0 Å². The van der Waals surface area contributed by atoms with E-state index in [0.29, 0.717) is 18.8 Å². The quantitative estimate of drug-likeness (QED) is 0.662. The monoisotopic (exact) mass is 403 g/mol. The zero-order valence-electron chi connectivity index (χ0n) is 16.8. The van der Waals surface area contributed by atoms with Crippen molar-refractivity contribution in [3.63, 3.8) is 0 Å². The number of anilines is 2. The maximum Gasteiger partial charge on any atom is 0.347 e. The van der Waals surface area contributed by atoms with Crippen LogP contribution in [-0.4, -0.2) is 28.7 Å². The summed E-state index contributed by atoms with van der Waals surface area (Å²) in [5, 5.41) is 5.82. The number of hydrogen-bond acceptors (Lipinski definition) is 4. The van der Waals surface area contributed by atoms with Crippen molar-refractivity contribution in [1.29, 1.82) is 0 Å². The number of amides is 2. The Bertz CT molecular complexity index is 1070. The third-order valence-electron chi connectivity index (χ3n) is 5.20. The molecule has 0 spiro atoms. The maximum atomic E-state index is 12.4. The van der Waals surface area contributed by atoms with Gasteiger partial charge in [-0.05, 0) is 48.2 Å². The summed E-state index contributed by atoms with van der Waals surface area (Å²) in [4.78, 5) is 30.4. The summed E-state index contributed by atoms with van der Waals surface area (Å²) in [5.41, 5.74) is 3.58. The van der Waals surface area contributed by atoms with Gasteiger partial charge in [-0.3, -0.25) is 4.57 Å². The SMILES string of the molecule is O=C(NCc1ccccc1N1CCCC1)Nc1cccc(Cn2cccnc2=O)c1. The summed E-state index contributed by atoms with van der Waals surface area (Å²) in [5.74, 6) is 0. The third kappa shape index (κ3) is 4.86. The molecule has 1 saturated heterocycles. The van der Waals surface area contributed by atoms with Gasteiger partial charge >= 0.3 is 11.7 Å². The minimum Gasteiger partial charge on any atom is -0.371 e. The van der Waals surface area contributed by atoms with Gasteiger partial charge in [0.1, 0.15) is 0 Å². The molecule has 2 amide bonds. The van der Waals surface area contributed by atoms with Crippen molar-refractivity contribution in [3.8, 4) is 0 Å². The number of benzene rings is 2. The lowest BCUT2D eigenvalue weighted by Gasteiger charge is -2.21. The molecule has 0 atom stereocenters. The number of nitrogens with one attached hydrogen (secondary N) is 2. The van der Waals surface area contributed by atoms with Crippen LogP contribution >= 0.6 is 0 Å². The highest BCUT2D eigenvalue weighted by atomic mass is 16.2. The Morgan fingerprint density at radius 2 is 1.87 bits per heavy atom. The molecule has 1 fully saturated rings. The first-order chi connectivity index (χ1) is 14.7. The lowest BCUT2D eigenvalue weighted by Crippen LogP contribution is -2.29. The second-order valence-electron chi connectivity index (χ2n) is 7.36. The van der Waals surface area contributed by atoms with Gasteiger partial charge in [-0.25, -0.2) is 14.6 Å². The predicted molar refractivity (Wildman–Crippen MR) is 118 cm³/mol. The molecule has 0 unspecified atom stereocenters. The first kappa shape index (κ1) is 19.7. The van der Waals surface area contributed by atoms with Gasteiger partial charge in [0, 0.05) is 43.4 Å². The fraction of sp³-hybridized carbons (Fsp3) is 0.261. The molecule has 3 aromatic rings. The van der Waals surface area contributed by atoms with Gasteiger partial charge in [0.2, 0.25) is 0 Å². The molecular weight excluding hydrogens is 378 g/mol. The smallest absolute Gasteiger partial charge is 0.347 e. The average molecular weight is 403 g/mol. The standard InChI is InChI=1S/C23H25N5O2/c29-22(25-16-19-8-1-2-10-21(19)27-12-3-4-13-27)26-20-9-5-7-18(15-20)17-28-14-6-11-24-23(28)30/h1-2,5-11,14-15H,3-4,12-13,16-17H2,(H2,25,26,29). The molecule has 0 saturated carbocycles. The van der Waals surface area contributed by atoms with Crippen LogP contribution < -0.4 is 21.2 Å². The Labute approximate surface area is 175 Å². The van der Waals surface area contributed by atoms with Crippen molar-refractivity contribution in [2.75, 3.05) is 23.3 Å². The number of para-hydroxylation sites is 1. The topological polar surface area (TPSA) is 79.3 Å². The molecule has 0 aliphatic carbocycles. The van der Waals surface area contributed by atoms with Crippen molar-refractivity contribution < 1.29 is 4.79 Å². The van der Waals surface area contributed by atoms with E-state index in [2.05, 4.69) is 32.7 Å². The molecular formula is C23H25N5O2. The van der Waals surface area contributed by atoms with Crippen LogP contribution in [0.1, 0.15) is 24.0 Å². The van der Waals surface area contributed by atoms with Crippen LogP contribution in [0.5, 0.6) is 0 Å². The zero-order valence-corrected chi connectivity index (χ0v) is 16.8. The van der Waals surface area contributed by atoms with Crippen LogP contribution in [0, 0.1) is 0 Å². The van der Waals surface area contributed by atoms with Crippen molar-refractivity contribution in [1.82, 2.24) is 14.9 Å².